The molecule has 0 spiro atoms. The monoisotopic (exact) mass is 436 g/mol. The average molecular weight is 437 g/mol. The molecule has 0 amide bonds. The number of rotatable bonds is 7. The Hall–Kier alpha value is -3.05. The Morgan fingerprint density at radius 1 is 1.12 bits per heavy atom. The van der Waals surface area contributed by atoms with Gasteiger partial charge in [0.1, 0.15) is 22.8 Å². The average Bonchev–Trinajstić information content (AvgIpc) is 2.77. The lowest BCUT2D eigenvalue weighted by Gasteiger charge is -2.36. The number of hydrogen-bond acceptors (Lipinski definition) is 5. The van der Waals surface area contributed by atoms with Gasteiger partial charge >= 0.3 is 0 Å². The molecule has 3 atom stereocenters. The van der Waals surface area contributed by atoms with E-state index in [4.69, 9.17) is 9.47 Å². The molecule has 5 heteroatoms. The first-order chi connectivity index (χ1) is 15.2. The van der Waals surface area contributed by atoms with Crippen molar-refractivity contribution >= 4 is 5.78 Å². The summed E-state index contributed by atoms with van der Waals surface area (Å²) in [5, 5.41) is 20.5. The molecule has 1 aliphatic carbocycles. The highest BCUT2D eigenvalue weighted by molar-refractivity contribution is 6.04. The summed E-state index contributed by atoms with van der Waals surface area (Å²) in [5.74, 6) is -1.23. The summed E-state index contributed by atoms with van der Waals surface area (Å²) in [4.78, 5) is 14.0. The molecule has 32 heavy (non-hydrogen) atoms. The first-order valence-electron chi connectivity index (χ1n) is 10.8. The van der Waals surface area contributed by atoms with E-state index in [1.807, 2.05) is 63.3 Å². The van der Waals surface area contributed by atoms with E-state index in [0.717, 1.165) is 11.1 Å². The molecule has 0 unspecified atom stereocenters. The van der Waals surface area contributed by atoms with Crippen molar-refractivity contribution in [3.63, 3.8) is 0 Å². The highest BCUT2D eigenvalue weighted by Gasteiger charge is 2.40. The molecular weight excluding hydrogens is 404 g/mol. The summed E-state index contributed by atoms with van der Waals surface area (Å²) in [7, 11) is 3.08. The number of allylic oxidation sites excluding steroid dienone is 3. The summed E-state index contributed by atoms with van der Waals surface area (Å²) < 4.78 is 10.9. The van der Waals surface area contributed by atoms with E-state index in [9.17, 15) is 15.0 Å². The Morgan fingerprint density at radius 3 is 2.44 bits per heavy atom. The highest BCUT2D eigenvalue weighted by atomic mass is 16.5. The third-order valence-corrected chi connectivity index (χ3v) is 6.33. The van der Waals surface area contributed by atoms with E-state index in [-0.39, 0.29) is 40.4 Å². The maximum atomic E-state index is 14.0. The molecular formula is C27H32O5. The zero-order chi connectivity index (χ0) is 23.5. The molecule has 5 nitrogen and oxygen atoms in total. The molecule has 1 aliphatic rings. The number of carbonyl (C=O) groups excluding carboxylic acids is 1. The Kier molecular flexibility index (Phi) is 7.09. The van der Waals surface area contributed by atoms with Crippen molar-refractivity contribution in [2.75, 3.05) is 14.2 Å². The van der Waals surface area contributed by atoms with Crippen LogP contribution in [0.3, 0.4) is 0 Å². The summed E-state index contributed by atoms with van der Waals surface area (Å²) in [6, 6.07) is 12.5. The van der Waals surface area contributed by atoms with Crippen LogP contribution >= 0.6 is 0 Å². The fraction of sp³-hybridized carbons (Fsp3) is 0.370. The topological polar surface area (TPSA) is 76.0 Å². The Balaban J connectivity index is 2.16. The van der Waals surface area contributed by atoms with Gasteiger partial charge in [-0.25, -0.2) is 0 Å². The predicted molar refractivity (Wildman–Crippen MR) is 125 cm³/mol. The van der Waals surface area contributed by atoms with Gasteiger partial charge in [-0.1, -0.05) is 54.1 Å². The molecule has 170 valence electrons. The maximum Gasteiger partial charge on any atom is 0.174 e. The number of methoxy groups -OCH3 is 2. The molecule has 0 heterocycles. The second-order valence-electron chi connectivity index (χ2n) is 8.83. The van der Waals surface area contributed by atoms with Gasteiger partial charge in [0, 0.05) is 31.1 Å². The SMILES string of the molecule is COc1cc(O)cc(O)c1C(=O)[C@@H]1[C@H](/C=C/C(C)(C)OC)C(C)=CC[C@H]1c1ccccc1. The van der Waals surface area contributed by atoms with Crippen molar-refractivity contribution in [1.29, 1.82) is 0 Å². The van der Waals surface area contributed by atoms with Gasteiger partial charge in [-0.3, -0.25) is 4.79 Å². The van der Waals surface area contributed by atoms with Gasteiger partial charge in [-0.05, 0) is 38.7 Å². The molecule has 2 aromatic rings. The van der Waals surface area contributed by atoms with E-state index in [2.05, 4.69) is 6.08 Å². The van der Waals surface area contributed by atoms with Crippen molar-refractivity contribution in [2.45, 2.75) is 38.7 Å². The van der Waals surface area contributed by atoms with Crippen LogP contribution in [0.15, 0.2) is 66.3 Å². The van der Waals surface area contributed by atoms with Gasteiger partial charge < -0.3 is 19.7 Å². The third kappa shape index (κ3) is 4.89. The minimum absolute atomic E-state index is 0.0781. The molecule has 0 bridgehead atoms. The number of carbonyl (C=O) groups is 1. The predicted octanol–water partition coefficient (Wildman–Crippen LogP) is 5.64. The summed E-state index contributed by atoms with van der Waals surface area (Å²) >= 11 is 0. The van der Waals surface area contributed by atoms with E-state index < -0.39 is 11.5 Å². The first-order valence-corrected chi connectivity index (χ1v) is 10.8. The van der Waals surface area contributed by atoms with Crippen LogP contribution in [0.25, 0.3) is 0 Å². The van der Waals surface area contributed by atoms with Crippen LogP contribution in [0.2, 0.25) is 0 Å². The lowest BCUT2D eigenvalue weighted by Crippen LogP contribution is -2.33. The smallest absolute Gasteiger partial charge is 0.174 e. The first kappa shape index (κ1) is 23.6. The second-order valence-corrected chi connectivity index (χ2v) is 8.83. The second kappa shape index (κ2) is 9.61. The van der Waals surface area contributed by atoms with Gasteiger partial charge in [-0.2, -0.15) is 0 Å². The molecule has 0 saturated carbocycles. The fourth-order valence-corrected chi connectivity index (χ4v) is 4.36. The number of aromatic hydroxyl groups is 2. The van der Waals surface area contributed by atoms with Gasteiger partial charge in [0.2, 0.25) is 0 Å². The normalized spacial score (nSPS) is 21.4. The van der Waals surface area contributed by atoms with Crippen molar-refractivity contribution in [2.24, 2.45) is 11.8 Å². The lowest BCUT2D eigenvalue weighted by atomic mass is 9.66. The van der Waals surface area contributed by atoms with E-state index in [1.54, 1.807) is 7.11 Å². The number of ether oxygens (including phenoxy) is 2. The number of phenolic OH excluding ortho intramolecular Hbond substituents is 2. The summed E-state index contributed by atoms with van der Waals surface area (Å²) in [6.07, 6.45) is 6.92. The molecule has 0 aliphatic heterocycles. The van der Waals surface area contributed by atoms with Crippen molar-refractivity contribution < 1.29 is 24.5 Å². The Morgan fingerprint density at radius 2 is 1.81 bits per heavy atom. The van der Waals surface area contributed by atoms with Gasteiger partial charge in [-0.15, -0.1) is 0 Å². The number of benzene rings is 2. The van der Waals surface area contributed by atoms with Gasteiger partial charge in [0.05, 0.1) is 12.7 Å². The molecule has 0 fully saturated rings. The third-order valence-electron chi connectivity index (χ3n) is 6.33. The summed E-state index contributed by atoms with van der Waals surface area (Å²) in [6.45, 7) is 5.96. The van der Waals surface area contributed by atoms with E-state index >= 15 is 0 Å². The highest BCUT2D eigenvalue weighted by Crippen LogP contribution is 2.46. The maximum absolute atomic E-state index is 14.0. The van der Waals surface area contributed by atoms with Crippen molar-refractivity contribution in [3.05, 3.63) is 77.4 Å². The zero-order valence-electron chi connectivity index (χ0n) is 19.3. The van der Waals surface area contributed by atoms with E-state index in [1.165, 1.54) is 19.2 Å². The summed E-state index contributed by atoms with van der Waals surface area (Å²) in [5.41, 5.74) is 1.77. The van der Waals surface area contributed by atoms with Crippen molar-refractivity contribution in [3.8, 4) is 17.2 Å². The molecule has 0 saturated heterocycles. The van der Waals surface area contributed by atoms with Crippen LogP contribution in [-0.2, 0) is 4.74 Å². The molecule has 0 radical (unpaired) electrons. The number of phenols is 2. The van der Waals surface area contributed by atoms with Crippen LogP contribution in [0.1, 0.15) is 49.0 Å². The zero-order valence-corrected chi connectivity index (χ0v) is 19.3. The van der Waals surface area contributed by atoms with Gasteiger partial charge in [0.15, 0.2) is 5.78 Å². The van der Waals surface area contributed by atoms with Crippen LogP contribution in [0, 0.1) is 11.8 Å². The minimum Gasteiger partial charge on any atom is -0.508 e. The minimum atomic E-state index is -0.480. The molecule has 0 aromatic heterocycles. The van der Waals surface area contributed by atoms with Crippen LogP contribution in [0.5, 0.6) is 17.2 Å². The van der Waals surface area contributed by atoms with Crippen LogP contribution in [0.4, 0.5) is 0 Å². The largest absolute Gasteiger partial charge is 0.508 e. The number of hydrogen-bond donors (Lipinski definition) is 2. The fourth-order valence-electron chi connectivity index (χ4n) is 4.36. The Labute approximate surface area is 190 Å². The number of ketones is 1. The lowest BCUT2D eigenvalue weighted by molar-refractivity contribution is 0.0645. The van der Waals surface area contributed by atoms with Crippen LogP contribution < -0.4 is 4.74 Å². The standard InChI is InChI=1S/C27H32O5/c1-17-11-12-21(18-9-7-6-8-10-18)24(20(17)13-14-27(2,3)32-5)26(30)25-22(29)15-19(28)16-23(25)31-4/h6-11,13-16,20-21,24,28-29H,12H2,1-5H3/b14-13+/t20-,21+,24-/m1/s1. The molecule has 3 rings (SSSR count). The Bertz CT molecular complexity index is 1020. The molecule has 2 N–H and O–H groups in total. The van der Waals surface area contributed by atoms with E-state index in [0.29, 0.717) is 6.42 Å². The van der Waals surface area contributed by atoms with Crippen molar-refractivity contribution in [1.82, 2.24) is 0 Å². The quantitative estimate of drug-likeness (QED) is 0.434. The molecule has 2 aromatic carbocycles. The van der Waals surface area contributed by atoms with Gasteiger partial charge in [0.25, 0.3) is 0 Å². The van der Waals surface area contributed by atoms with Crippen LogP contribution in [-0.4, -0.2) is 35.8 Å². The number of Topliss-reactive ketones (excluding diaryl/α,β-unsaturated/α-hetero) is 1.